The number of methoxy groups -OCH3 is 2. The van der Waals surface area contributed by atoms with Gasteiger partial charge in [0.2, 0.25) is 11.6 Å². The van der Waals surface area contributed by atoms with Gasteiger partial charge in [0.1, 0.15) is 5.69 Å². The van der Waals surface area contributed by atoms with Crippen LogP contribution in [0.15, 0.2) is 23.0 Å². The third-order valence-corrected chi connectivity index (χ3v) is 2.02. The molecule has 0 saturated carbocycles. The molecule has 8 nitrogen and oxygen atoms in total. The molecule has 1 amide bonds. The number of aromatic nitrogens is 3. The van der Waals surface area contributed by atoms with Gasteiger partial charge in [0, 0.05) is 6.07 Å². The van der Waals surface area contributed by atoms with Crippen LogP contribution in [0.2, 0.25) is 0 Å². The number of nitrogens with zero attached hydrogens (tertiary/aromatic N) is 3. The highest BCUT2D eigenvalue weighted by molar-refractivity contribution is 6.02. The Hall–Kier alpha value is -2.64. The van der Waals surface area contributed by atoms with E-state index >= 15 is 0 Å². The highest BCUT2D eigenvalue weighted by atomic mass is 16.5. The topological polar surface area (TPSA) is 99.4 Å². The zero-order chi connectivity index (χ0) is 13.0. The summed E-state index contributed by atoms with van der Waals surface area (Å²) in [6.07, 6.45) is 2.75. The van der Waals surface area contributed by atoms with Gasteiger partial charge in [0.25, 0.3) is 5.91 Å². The van der Waals surface area contributed by atoms with E-state index in [9.17, 15) is 4.79 Å². The van der Waals surface area contributed by atoms with Crippen molar-refractivity contribution in [2.75, 3.05) is 19.5 Å². The van der Waals surface area contributed by atoms with Crippen molar-refractivity contribution in [3.05, 3.63) is 24.2 Å². The SMILES string of the molecule is COc1ncc(NC(=O)c2ccno2)c(OC)n1. The number of hydrogen-bond acceptors (Lipinski definition) is 7. The molecule has 2 rings (SSSR count). The summed E-state index contributed by atoms with van der Waals surface area (Å²) in [6.45, 7) is 0. The average Bonchev–Trinajstić information content (AvgIpc) is 2.93. The van der Waals surface area contributed by atoms with Gasteiger partial charge < -0.3 is 19.3 Å². The Morgan fingerprint density at radius 3 is 2.83 bits per heavy atom. The fourth-order valence-electron chi connectivity index (χ4n) is 1.21. The number of nitrogens with one attached hydrogen (secondary N) is 1. The van der Waals surface area contributed by atoms with E-state index in [1.807, 2.05) is 0 Å². The molecule has 2 aromatic heterocycles. The van der Waals surface area contributed by atoms with E-state index in [0.717, 1.165) is 0 Å². The highest BCUT2D eigenvalue weighted by Crippen LogP contribution is 2.22. The molecule has 0 aromatic carbocycles. The van der Waals surface area contributed by atoms with Gasteiger partial charge in [-0.2, -0.15) is 4.98 Å². The first-order chi connectivity index (χ1) is 8.74. The summed E-state index contributed by atoms with van der Waals surface area (Å²) < 4.78 is 14.6. The van der Waals surface area contributed by atoms with Crippen molar-refractivity contribution >= 4 is 11.6 Å². The van der Waals surface area contributed by atoms with E-state index in [-0.39, 0.29) is 17.7 Å². The van der Waals surface area contributed by atoms with Gasteiger partial charge in [-0.05, 0) is 0 Å². The van der Waals surface area contributed by atoms with Crippen molar-refractivity contribution in [2.24, 2.45) is 0 Å². The molecule has 0 aliphatic rings. The van der Waals surface area contributed by atoms with Crippen molar-refractivity contribution in [2.45, 2.75) is 0 Å². The van der Waals surface area contributed by atoms with Crippen LogP contribution >= 0.6 is 0 Å². The Morgan fingerprint density at radius 1 is 1.39 bits per heavy atom. The predicted octanol–water partition coefficient (Wildman–Crippen LogP) is 0.734. The molecule has 0 unspecified atom stereocenters. The first-order valence-electron chi connectivity index (χ1n) is 4.91. The monoisotopic (exact) mass is 250 g/mol. The maximum absolute atomic E-state index is 11.7. The third-order valence-electron chi connectivity index (χ3n) is 2.02. The van der Waals surface area contributed by atoms with Gasteiger partial charge in [-0.3, -0.25) is 4.79 Å². The van der Waals surface area contributed by atoms with Crippen LogP contribution in [0.1, 0.15) is 10.6 Å². The Labute approximate surface area is 102 Å². The van der Waals surface area contributed by atoms with Crippen molar-refractivity contribution in [3.63, 3.8) is 0 Å². The van der Waals surface area contributed by atoms with E-state index in [4.69, 9.17) is 14.0 Å². The molecule has 18 heavy (non-hydrogen) atoms. The Balaban J connectivity index is 2.21. The molecule has 8 heteroatoms. The zero-order valence-corrected chi connectivity index (χ0v) is 9.71. The maximum Gasteiger partial charge on any atom is 0.319 e. The van der Waals surface area contributed by atoms with Crippen LogP contribution in [0.25, 0.3) is 0 Å². The predicted molar refractivity (Wildman–Crippen MR) is 59.6 cm³/mol. The van der Waals surface area contributed by atoms with Gasteiger partial charge in [0.05, 0.1) is 26.6 Å². The fourth-order valence-corrected chi connectivity index (χ4v) is 1.21. The minimum absolute atomic E-state index is 0.0767. The lowest BCUT2D eigenvalue weighted by Crippen LogP contribution is -2.12. The minimum atomic E-state index is -0.473. The van der Waals surface area contributed by atoms with E-state index in [2.05, 4.69) is 20.4 Å². The number of anilines is 1. The second kappa shape index (κ2) is 5.13. The fraction of sp³-hybridized carbons (Fsp3) is 0.200. The van der Waals surface area contributed by atoms with Crippen molar-refractivity contribution in [3.8, 4) is 11.9 Å². The van der Waals surface area contributed by atoms with Crippen molar-refractivity contribution in [1.82, 2.24) is 15.1 Å². The molecule has 94 valence electrons. The lowest BCUT2D eigenvalue weighted by molar-refractivity contribution is 0.0987. The van der Waals surface area contributed by atoms with Gasteiger partial charge in [0.15, 0.2) is 0 Å². The molecule has 0 atom stereocenters. The molecule has 0 fully saturated rings. The van der Waals surface area contributed by atoms with E-state index in [1.54, 1.807) is 0 Å². The molecule has 0 saturated heterocycles. The van der Waals surface area contributed by atoms with Crippen LogP contribution in [0.3, 0.4) is 0 Å². The first-order valence-corrected chi connectivity index (χ1v) is 4.91. The summed E-state index contributed by atoms with van der Waals surface area (Å²) in [5.74, 6) is -0.206. The van der Waals surface area contributed by atoms with Crippen molar-refractivity contribution < 1.29 is 18.8 Å². The second-order valence-electron chi connectivity index (χ2n) is 3.11. The third kappa shape index (κ3) is 2.37. The van der Waals surface area contributed by atoms with Crippen LogP contribution in [0, 0.1) is 0 Å². The average molecular weight is 250 g/mol. The molecular weight excluding hydrogens is 240 g/mol. The number of carbonyl (C=O) groups excluding carboxylic acids is 1. The first kappa shape index (κ1) is 11.8. The number of hydrogen-bond donors (Lipinski definition) is 1. The molecule has 0 aliphatic carbocycles. The van der Waals surface area contributed by atoms with Crippen LogP contribution < -0.4 is 14.8 Å². The maximum atomic E-state index is 11.7. The number of ether oxygens (including phenoxy) is 2. The number of amides is 1. The molecule has 0 radical (unpaired) electrons. The molecular formula is C10H10N4O4. The van der Waals surface area contributed by atoms with Gasteiger partial charge in [-0.15, -0.1) is 0 Å². The van der Waals surface area contributed by atoms with E-state index < -0.39 is 5.91 Å². The summed E-state index contributed by atoms with van der Waals surface area (Å²) >= 11 is 0. The lowest BCUT2D eigenvalue weighted by atomic mass is 10.4. The Bertz CT molecular complexity index is 541. The van der Waals surface area contributed by atoms with E-state index in [1.165, 1.54) is 32.7 Å². The summed E-state index contributed by atoms with van der Waals surface area (Å²) in [4.78, 5) is 19.5. The standard InChI is InChI=1S/C10H10N4O4/c1-16-9-6(5-11-10(14-9)17-2)13-8(15)7-3-4-12-18-7/h3-5H,1-2H3,(H,13,15). The van der Waals surface area contributed by atoms with Crippen LogP contribution in [0.4, 0.5) is 5.69 Å². The van der Waals surface area contributed by atoms with Gasteiger partial charge in [-0.25, -0.2) is 4.98 Å². The molecule has 2 aromatic rings. The molecule has 1 N–H and O–H groups in total. The number of rotatable bonds is 4. The molecule has 0 aliphatic heterocycles. The van der Waals surface area contributed by atoms with Crippen molar-refractivity contribution in [1.29, 1.82) is 0 Å². The quantitative estimate of drug-likeness (QED) is 0.853. The Morgan fingerprint density at radius 2 is 2.22 bits per heavy atom. The Kier molecular flexibility index (Phi) is 3.37. The largest absolute Gasteiger partial charge is 0.479 e. The van der Waals surface area contributed by atoms with Gasteiger partial charge in [-0.1, -0.05) is 5.16 Å². The molecule has 0 bridgehead atoms. The van der Waals surface area contributed by atoms with Gasteiger partial charge >= 0.3 is 6.01 Å². The van der Waals surface area contributed by atoms with Crippen LogP contribution in [0.5, 0.6) is 11.9 Å². The summed E-state index contributed by atoms with van der Waals surface area (Å²) in [6, 6.07) is 1.58. The smallest absolute Gasteiger partial charge is 0.319 e. The summed E-state index contributed by atoms with van der Waals surface area (Å²) in [5.41, 5.74) is 0.305. The summed E-state index contributed by atoms with van der Waals surface area (Å²) in [5, 5.41) is 5.97. The van der Waals surface area contributed by atoms with Crippen LogP contribution in [-0.4, -0.2) is 35.3 Å². The molecule has 2 heterocycles. The lowest BCUT2D eigenvalue weighted by Gasteiger charge is -2.08. The minimum Gasteiger partial charge on any atom is -0.479 e. The van der Waals surface area contributed by atoms with E-state index in [0.29, 0.717) is 5.69 Å². The van der Waals surface area contributed by atoms with Crippen LogP contribution in [-0.2, 0) is 0 Å². The summed E-state index contributed by atoms with van der Waals surface area (Å²) in [7, 11) is 2.85. The second-order valence-corrected chi connectivity index (χ2v) is 3.11. The molecule has 0 spiro atoms. The highest BCUT2D eigenvalue weighted by Gasteiger charge is 2.14. The normalized spacial score (nSPS) is 9.89. The number of carbonyl (C=O) groups is 1. The zero-order valence-electron chi connectivity index (χ0n) is 9.71.